The molecule has 33 heavy (non-hydrogen) atoms. The monoisotopic (exact) mass is 557 g/mol. The fraction of sp³-hybridized carbons (Fsp3) is 0.391. The highest BCUT2D eigenvalue weighted by atomic mass is 79.9. The summed E-state index contributed by atoms with van der Waals surface area (Å²) in [6.07, 6.45) is 5.08. The van der Waals surface area contributed by atoms with Crippen LogP contribution >= 0.6 is 28.3 Å². The third-order valence-electron chi connectivity index (χ3n) is 5.63. The summed E-state index contributed by atoms with van der Waals surface area (Å²) in [7, 11) is -3.40. The van der Waals surface area contributed by atoms with Crippen molar-refractivity contribution in [3.8, 4) is 5.75 Å². The molecule has 2 aromatic carbocycles. The van der Waals surface area contributed by atoms with Gasteiger partial charge < -0.3 is 20.1 Å². The molecule has 10 heteroatoms. The zero-order chi connectivity index (χ0) is 22.7. The second-order valence-corrected chi connectivity index (χ2v) is 10.8. The van der Waals surface area contributed by atoms with Gasteiger partial charge in [-0.05, 0) is 77.0 Å². The van der Waals surface area contributed by atoms with E-state index in [1.807, 2.05) is 6.07 Å². The Hall–Kier alpha value is -1.78. The number of anilines is 1. The summed E-state index contributed by atoms with van der Waals surface area (Å²) in [5.74, 6) is 0.822. The van der Waals surface area contributed by atoms with Gasteiger partial charge in [-0.15, -0.1) is 12.4 Å². The molecule has 0 bridgehead atoms. The average molecular weight is 559 g/mol. The van der Waals surface area contributed by atoms with Crippen molar-refractivity contribution in [2.45, 2.75) is 31.8 Å². The number of aliphatic hydroxyl groups is 1. The molecule has 0 radical (unpaired) electrons. The standard InChI is InChI=1S/C23H28BrN3O4S.ClH/c1-32(29,30)27-22-12-15(6-9-19(22)24)23(28)14-25-10-11-31-16-7-8-18-17-4-2-3-5-20(17)26-21(18)13-16;/h6-9,12-13,23,25-28H,2-5,10-11,14H2,1H3;1H/t23-;/m0./s1. The lowest BCUT2D eigenvalue weighted by atomic mass is 9.96. The molecule has 7 nitrogen and oxygen atoms in total. The molecule has 1 atom stereocenters. The summed E-state index contributed by atoms with van der Waals surface area (Å²) >= 11 is 3.32. The zero-order valence-corrected chi connectivity index (χ0v) is 21.6. The number of aromatic amines is 1. The van der Waals surface area contributed by atoms with Crippen LogP contribution in [0.5, 0.6) is 5.75 Å². The van der Waals surface area contributed by atoms with E-state index in [9.17, 15) is 13.5 Å². The number of H-pyrrole nitrogens is 1. The van der Waals surface area contributed by atoms with Crippen molar-refractivity contribution in [1.29, 1.82) is 0 Å². The molecule has 180 valence electrons. The third-order valence-corrected chi connectivity index (χ3v) is 6.91. The molecule has 3 aromatic rings. The lowest BCUT2D eigenvalue weighted by molar-refractivity contribution is 0.172. The predicted octanol–water partition coefficient (Wildman–Crippen LogP) is 4.30. The Kier molecular flexibility index (Phi) is 8.69. The molecule has 0 saturated carbocycles. The zero-order valence-electron chi connectivity index (χ0n) is 18.4. The number of aromatic nitrogens is 1. The Morgan fingerprint density at radius 1 is 1.18 bits per heavy atom. The fourth-order valence-electron chi connectivity index (χ4n) is 4.11. The van der Waals surface area contributed by atoms with Crippen LogP contribution in [0.1, 0.15) is 35.8 Å². The number of aryl methyl sites for hydroxylation is 2. The first kappa shape index (κ1) is 25.8. The number of aliphatic hydroxyl groups excluding tert-OH is 1. The second kappa shape index (κ2) is 11.1. The highest BCUT2D eigenvalue weighted by molar-refractivity contribution is 9.10. The van der Waals surface area contributed by atoms with Crippen LogP contribution < -0.4 is 14.8 Å². The van der Waals surface area contributed by atoms with E-state index in [1.165, 1.54) is 29.5 Å². The number of rotatable bonds is 9. The normalized spacial score (nSPS) is 14.4. The Morgan fingerprint density at radius 2 is 1.97 bits per heavy atom. The van der Waals surface area contributed by atoms with Gasteiger partial charge in [0.15, 0.2) is 0 Å². The molecule has 0 fully saturated rings. The summed E-state index contributed by atoms with van der Waals surface area (Å²) in [5.41, 5.74) is 4.97. The summed E-state index contributed by atoms with van der Waals surface area (Å²) in [6.45, 7) is 1.37. The molecular weight excluding hydrogens is 530 g/mol. The van der Waals surface area contributed by atoms with Crippen molar-refractivity contribution in [1.82, 2.24) is 10.3 Å². The Labute approximate surface area is 208 Å². The summed E-state index contributed by atoms with van der Waals surface area (Å²) in [6, 6.07) is 11.3. The van der Waals surface area contributed by atoms with Crippen LogP contribution in [0.4, 0.5) is 5.69 Å². The van der Waals surface area contributed by atoms with Crippen LogP contribution in [0, 0.1) is 0 Å². The van der Waals surface area contributed by atoms with E-state index in [0.29, 0.717) is 35.4 Å². The highest BCUT2D eigenvalue weighted by Gasteiger charge is 2.16. The molecule has 4 N–H and O–H groups in total. The molecule has 4 rings (SSSR count). The van der Waals surface area contributed by atoms with Crippen molar-refractivity contribution < 1.29 is 18.3 Å². The molecule has 0 amide bonds. The maximum Gasteiger partial charge on any atom is 0.229 e. The van der Waals surface area contributed by atoms with Crippen molar-refractivity contribution in [3.05, 3.63) is 57.7 Å². The average Bonchev–Trinajstić information content (AvgIpc) is 3.11. The smallest absolute Gasteiger partial charge is 0.229 e. The van der Waals surface area contributed by atoms with E-state index >= 15 is 0 Å². The number of fused-ring (bicyclic) bond motifs is 3. The molecule has 0 saturated heterocycles. The summed E-state index contributed by atoms with van der Waals surface area (Å²) in [4.78, 5) is 3.54. The number of nitrogens with one attached hydrogen (secondary N) is 3. The Balaban J connectivity index is 0.00000306. The second-order valence-electron chi connectivity index (χ2n) is 8.18. The molecule has 0 spiro atoms. The van der Waals surface area contributed by atoms with Crippen molar-refractivity contribution in [2.24, 2.45) is 0 Å². The van der Waals surface area contributed by atoms with Crippen LogP contribution in [0.3, 0.4) is 0 Å². The van der Waals surface area contributed by atoms with Crippen molar-refractivity contribution in [3.63, 3.8) is 0 Å². The molecular formula is C23H29BrClN3O4S. The number of hydrogen-bond donors (Lipinski definition) is 4. The van der Waals surface area contributed by atoms with E-state index in [2.05, 4.69) is 43.1 Å². The maximum atomic E-state index is 11.5. The third kappa shape index (κ3) is 6.64. The first-order valence-corrected chi connectivity index (χ1v) is 13.4. The Morgan fingerprint density at radius 3 is 2.76 bits per heavy atom. The fourth-order valence-corrected chi connectivity index (χ4v) is 5.15. The first-order valence-electron chi connectivity index (χ1n) is 10.7. The van der Waals surface area contributed by atoms with Gasteiger partial charge in [0.25, 0.3) is 0 Å². The number of halogens is 2. The van der Waals surface area contributed by atoms with Gasteiger partial charge in [0.1, 0.15) is 12.4 Å². The van der Waals surface area contributed by atoms with Crippen LogP contribution in [0.2, 0.25) is 0 Å². The molecule has 1 aromatic heterocycles. The lowest BCUT2D eigenvalue weighted by Crippen LogP contribution is -2.26. The van der Waals surface area contributed by atoms with Gasteiger partial charge in [-0.1, -0.05) is 6.07 Å². The van der Waals surface area contributed by atoms with Crippen LogP contribution in [0.25, 0.3) is 10.9 Å². The molecule has 1 aliphatic carbocycles. The number of ether oxygens (including phenoxy) is 1. The molecule has 0 unspecified atom stereocenters. The van der Waals surface area contributed by atoms with Gasteiger partial charge in [0.05, 0.1) is 18.0 Å². The number of hydrogen-bond acceptors (Lipinski definition) is 5. The van der Waals surface area contributed by atoms with Crippen LogP contribution in [-0.2, 0) is 22.9 Å². The predicted molar refractivity (Wildman–Crippen MR) is 138 cm³/mol. The van der Waals surface area contributed by atoms with Gasteiger partial charge >= 0.3 is 0 Å². The van der Waals surface area contributed by atoms with Gasteiger partial charge in [0, 0.05) is 40.2 Å². The topological polar surface area (TPSA) is 103 Å². The summed E-state index contributed by atoms with van der Waals surface area (Å²) < 4.78 is 31.9. The number of sulfonamides is 1. The summed E-state index contributed by atoms with van der Waals surface area (Å²) in [5, 5.41) is 14.9. The van der Waals surface area contributed by atoms with Crippen molar-refractivity contribution in [2.75, 3.05) is 30.7 Å². The van der Waals surface area contributed by atoms with Gasteiger partial charge in [-0.25, -0.2) is 8.42 Å². The van der Waals surface area contributed by atoms with Gasteiger partial charge in [0.2, 0.25) is 10.0 Å². The minimum absolute atomic E-state index is 0. The SMILES string of the molecule is CS(=O)(=O)Nc1cc([C@@H](O)CNCCOc2ccc3c4c([nH]c3c2)CCCC4)ccc1Br.Cl. The molecule has 0 aliphatic heterocycles. The highest BCUT2D eigenvalue weighted by Crippen LogP contribution is 2.31. The minimum Gasteiger partial charge on any atom is -0.492 e. The van der Waals surface area contributed by atoms with E-state index in [-0.39, 0.29) is 12.4 Å². The lowest BCUT2D eigenvalue weighted by Gasteiger charge is -2.15. The minimum atomic E-state index is -3.40. The van der Waals surface area contributed by atoms with Crippen molar-refractivity contribution >= 4 is 55.0 Å². The van der Waals surface area contributed by atoms with Crippen LogP contribution in [0.15, 0.2) is 40.9 Å². The Bertz CT molecular complexity index is 1220. The van der Waals surface area contributed by atoms with E-state index in [4.69, 9.17) is 4.74 Å². The quantitative estimate of drug-likeness (QED) is 0.293. The van der Waals surface area contributed by atoms with E-state index in [0.717, 1.165) is 30.4 Å². The number of benzene rings is 2. The van der Waals surface area contributed by atoms with E-state index in [1.54, 1.807) is 18.2 Å². The molecule has 1 heterocycles. The van der Waals surface area contributed by atoms with E-state index < -0.39 is 16.1 Å². The van der Waals surface area contributed by atoms with Crippen LogP contribution in [-0.4, -0.2) is 44.5 Å². The van der Waals surface area contributed by atoms with Gasteiger partial charge in [-0.2, -0.15) is 0 Å². The molecule has 1 aliphatic rings. The maximum absolute atomic E-state index is 11.5. The largest absolute Gasteiger partial charge is 0.492 e. The van der Waals surface area contributed by atoms with Gasteiger partial charge in [-0.3, -0.25) is 4.72 Å². The first-order chi connectivity index (χ1) is 15.3.